The molecule has 4 heteroatoms. The van der Waals surface area contributed by atoms with E-state index in [0.717, 1.165) is 22.0 Å². The van der Waals surface area contributed by atoms with Crippen LogP contribution in [0.5, 0.6) is 0 Å². The molecule has 0 bridgehead atoms. The zero-order valence-corrected chi connectivity index (χ0v) is 12.1. The van der Waals surface area contributed by atoms with Crippen molar-refractivity contribution in [3.8, 4) is 6.07 Å². The van der Waals surface area contributed by atoms with Gasteiger partial charge in [-0.15, -0.1) is 0 Å². The number of hydrogen-bond donors (Lipinski definition) is 0. The number of methoxy groups -OCH3 is 1. The molecule has 0 aliphatic heterocycles. The average molecular weight is 278 g/mol. The minimum atomic E-state index is -0.429. The first-order chi connectivity index (χ1) is 10.1. The highest BCUT2D eigenvalue weighted by atomic mass is 16.5. The summed E-state index contributed by atoms with van der Waals surface area (Å²) in [5.74, 6) is -0.429. The monoisotopic (exact) mass is 278 g/mol. The van der Waals surface area contributed by atoms with Crippen molar-refractivity contribution in [2.75, 3.05) is 7.11 Å². The van der Waals surface area contributed by atoms with Gasteiger partial charge in [0.1, 0.15) is 6.07 Å². The first-order valence-corrected chi connectivity index (χ1v) is 6.61. The predicted molar refractivity (Wildman–Crippen MR) is 80.4 cm³/mol. The van der Waals surface area contributed by atoms with Crippen molar-refractivity contribution in [1.29, 1.82) is 5.26 Å². The van der Waals surface area contributed by atoms with Gasteiger partial charge in [-0.05, 0) is 31.0 Å². The number of para-hydroxylation sites is 1. The molecule has 0 saturated carbocycles. The zero-order valence-electron chi connectivity index (χ0n) is 12.1. The van der Waals surface area contributed by atoms with Crippen LogP contribution in [0, 0.1) is 25.2 Å². The van der Waals surface area contributed by atoms with Crippen LogP contribution < -0.4 is 0 Å². The largest absolute Gasteiger partial charge is 0.465 e. The summed E-state index contributed by atoms with van der Waals surface area (Å²) in [6.07, 6.45) is 1.76. The van der Waals surface area contributed by atoms with Crippen LogP contribution in [0.3, 0.4) is 0 Å². The zero-order chi connectivity index (χ0) is 15.1. The maximum Gasteiger partial charge on any atom is 0.339 e. The van der Waals surface area contributed by atoms with Crippen molar-refractivity contribution in [2.45, 2.75) is 13.8 Å². The Balaban J connectivity index is 2.58. The van der Waals surface area contributed by atoms with Crippen molar-refractivity contribution in [2.24, 2.45) is 0 Å². The topological polar surface area (TPSA) is 54.5 Å². The van der Waals surface area contributed by atoms with Gasteiger partial charge in [-0.1, -0.05) is 18.2 Å². The van der Waals surface area contributed by atoms with Gasteiger partial charge in [-0.25, -0.2) is 4.79 Å². The van der Waals surface area contributed by atoms with E-state index < -0.39 is 5.97 Å². The van der Waals surface area contributed by atoms with Gasteiger partial charge >= 0.3 is 5.97 Å². The molecule has 0 aliphatic rings. The number of rotatable bonds is 1. The Morgan fingerprint density at radius 3 is 2.62 bits per heavy atom. The minimum absolute atomic E-state index is 0.419. The number of fused-ring (bicyclic) bond motifs is 3. The fraction of sp³-hybridized carbons (Fsp3) is 0.176. The molecule has 0 unspecified atom stereocenters. The third kappa shape index (κ3) is 1.71. The molecule has 0 atom stereocenters. The van der Waals surface area contributed by atoms with E-state index in [2.05, 4.69) is 6.07 Å². The van der Waals surface area contributed by atoms with Gasteiger partial charge in [0, 0.05) is 11.6 Å². The molecule has 0 aliphatic carbocycles. The number of nitrogens with zero attached hydrogens (tertiary/aromatic N) is 2. The number of hydrogen-bond acceptors (Lipinski definition) is 3. The molecular weight excluding hydrogens is 264 g/mol. The van der Waals surface area contributed by atoms with E-state index in [1.165, 1.54) is 7.11 Å². The number of carbonyl (C=O) groups is 1. The third-order valence-electron chi connectivity index (χ3n) is 3.95. The van der Waals surface area contributed by atoms with E-state index >= 15 is 0 Å². The SMILES string of the molecule is COC(=O)c1cn2c(c(C#N)c1C)c(C)c1ccccc12. The van der Waals surface area contributed by atoms with E-state index in [1.807, 2.05) is 35.6 Å². The number of pyridine rings is 1. The van der Waals surface area contributed by atoms with Crippen LogP contribution in [0.4, 0.5) is 0 Å². The number of aryl methyl sites for hydroxylation is 1. The van der Waals surface area contributed by atoms with Crippen LogP contribution in [0.15, 0.2) is 30.5 Å². The van der Waals surface area contributed by atoms with E-state index in [9.17, 15) is 10.1 Å². The van der Waals surface area contributed by atoms with Gasteiger partial charge in [0.25, 0.3) is 0 Å². The molecule has 21 heavy (non-hydrogen) atoms. The summed E-state index contributed by atoms with van der Waals surface area (Å²) in [6, 6.07) is 10.1. The summed E-state index contributed by atoms with van der Waals surface area (Å²) in [5.41, 5.74) is 4.47. The van der Waals surface area contributed by atoms with Crippen LogP contribution >= 0.6 is 0 Å². The van der Waals surface area contributed by atoms with Crippen LogP contribution in [-0.2, 0) is 4.74 Å². The fourth-order valence-electron chi connectivity index (χ4n) is 2.86. The Labute approximate surface area is 122 Å². The summed E-state index contributed by atoms with van der Waals surface area (Å²) < 4.78 is 6.73. The Kier molecular flexibility index (Phi) is 2.91. The van der Waals surface area contributed by atoms with E-state index in [1.54, 1.807) is 13.1 Å². The quantitative estimate of drug-likeness (QED) is 0.641. The van der Waals surface area contributed by atoms with Crippen molar-refractivity contribution in [1.82, 2.24) is 4.40 Å². The lowest BCUT2D eigenvalue weighted by molar-refractivity contribution is 0.0599. The fourth-order valence-corrected chi connectivity index (χ4v) is 2.86. The third-order valence-corrected chi connectivity index (χ3v) is 3.95. The smallest absolute Gasteiger partial charge is 0.339 e. The van der Waals surface area contributed by atoms with Crippen LogP contribution in [0.25, 0.3) is 16.4 Å². The van der Waals surface area contributed by atoms with Gasteiger partial charge in [0.2, 0.25) is 0 Å². The Hall–Kier alpha value is -2.80. The Morgan fingerprint density at radius 2 is 1.95 bits per heavy atom. The standard InChI is InChI=1S/C17H14N2O2/c1-10-13(8-18)16-11(2)12-6-4-5-7-15(12)19(16)9-14(10)17(20)21-3/h4-7,9H,1-3H3. The van der Waals surface area contributed by atoms with E-state index in [0.29, 0.717) is 16.7 Å². The highest BCUT2D eigenvalue weighted by molar-refractivity contribution is 5.98. The second-order valence-electron chi connectivity index (χ2n) is 5.01. The first-order valence-electron chi connectivity index (χ1n) is 6.61. The number of ether oxygens (including phenoxy) is 1. The number of benzene rings is 1. The molecular formula is C17H14N2O2. The predicted octanol–water partition coefficient (Wildman–Crippen LogP) is 3.37. The van der Waals surface area contributed by atoms with Crippen molar-refractivity contribution in [3.05, 3.63) is 52.7 Å². The van der Waals surface area contributed by atoms with Gasteiger partial charge in [-0.3, -0.25) is 0 Å². The maximum absolute atomic E-state index is 11.9. The molecule has 0 N–H and O–H groups in total. The molecule has 3 aromatic rings. The molecule has 2 heterocycles. The summed E-state index contributed by atoms with van der Waals surface area (Å²) in [7, 11) is 1.34. The summed E-state index contributed by atoms with van der Waals surface area (Å²) >= 11 is 0. The Morgan fingerprint density at radius 1 is 1.24 bits per heavy atom. The van der Waals surface area contributed by atoms with Gasteiger partial charge in [-0.2, -0.15) is 5.26 Å². The highest BCUT2D eigenvalue weighted by Crippen LogP contribution is 2.31. The van der Waals surface area contributed by atoms with Crippen LogP contribution in [0.2, 0.25) is 0 Å². The average Bonchev–Trinajstić information content (AvgIpc) is 2.79. The Bertz CT molecular complexity index is 929. The molecule has 0 radical (unpaired) electrons. The molecule has 3 rings (SSSR count). The number of nitriles is 1. The lowest BCUT2D eigenvalue weighted by Crippen LogP contribution is -2.08. The van der Waals surface area contributed by atoms with Crippen LogP contribution in [-0.4, -0.2) is 17.5 Å². The lowest BCUT2D eigenvalue weighted by Gasteiger charge is -2.09. The van der Waals surface area contributed by atoms with Crippen molar-refractivity contribution >= 4 is 22.4 Å². The lowest BCUT2D eigenvalue weighted by atomic mass is 10.0. The van der Waals surface area contributed by atoms with Crippen LogP contribution in [0.1, 0.15) is 27.0 Å². The van der Waals surface area contributed by atoms with Crippen molar-refractivity contribution in [3.63, 3.8) is 0 Å². The first kappa shape index (κ1) is 13.2. The second-order valence-corrected chi connectivity index (χ2v) is 5.01. The van der Waals surface area contributed by atoms with Gasteiger partial charge in [0.15, 0.2) is 0 Å². The number of esters is 1. The molecule has 104 valence electrons. The van der Waals surface area contributed by atoms with Gasteiger partial charge in [0.05, 0.1) is 29.3 Å². The van der Waals surface area contributed by atoms with Crippen molar-refractivity contribution < 1.29 is 9.53 Å². The highest BCUT2D eigenvalue weighted by Gasteiger charge is 2.20. The molecule has 0 fully saturated rings. The molecule has 2 aromatic heterocycles. The molecule has 0 amide bonds. The number of carbonyl (C=O) groups excluding carboxylic acids is 1. The minimum Gasteiger partial charge on any atom is -0.465 e. The van der Waals surface area contributed by atoms with Gasteiger partial charge < -0.3 is 9.14 Å². The van der Waals surface area contributed by atoms with E-state index in [-0.39, 0.29) is 0 Å². The summed E-state index contributed by atoms with van der Waals surface area (Å²) in [5, 5.41) is 10.6. The molecule has 4 nitrogen and oxygen atoms in total. The molecule has 0 spiro atoms. The maximum atomic E-state index is 11.9. The molecule has 0 saturated heterocycles. The summed E-state index contributed by atoms with van der Waals surface area (Å²) in [6.45, 7) is 3.78. The normalized spacial score (nSPS) is 10.8. The molecule has 1 aromatic carbocycles. The van der Waals surface area contributed by atoms with E-state index in [4.69, 9.17) is 4.74 Å². The second kappa shape index (κ2) is 4.64. The number of aromatic nitrogens is 1. The summed E-state index contributed by atoms with van der Waals surface area (Å²) in [4.78, 5) is 11.9.